The molecule has 4 nitrogen and oxygen atoms in total. The van der Waals surface area contributed by atoms with Crippen LogP contribution in [0.5, 0.6) is 0 Å². The van der Waals surface area contributed by atoms with Gasteiger partial charge in [0, 0.05) is 25.5 Å². The second-order valence-corrected chi connectivity index (χ2v) is 6.52. The molecule has 0 saturated heterocycles. The van der Waals surface area contributed by atoms with Gasteiger partial charge in [0.1, 0.15) is 11.5 Å². The van der Waals surface area contributed by atoms with Gasteiger partial charge in [-0.2, -0.15) is 0 Å². The molecule has 4 heteroatoms. The molecular formula is C20H23NO3. The average molecular weight is 325 g/mol. The highest BCUT2D eigenvalue weighted by Gasteiger charge is 2.16. The highest BCUT2D eigenvalue weighted by atomic mass is 16.3. The van der Waals surface area contributed by atoms with Gasteiger partial charge in [0.25, 0.3) is 0 Å². The number of amides is 1. The van der Waals surface area contributed by atoms with Crippen LogP contribution in [0.4, 0.5) is 0 Å². The van der Waals surface area contributed by atoms with Crippen LogP contribution in [0.25, 0.3) is 0 Å². The van der Waals surface area contributed by atoms with Crippen LogP contribution in [0.1, 0.15) is 52.3 Å². The maximum atomic E-state index is 12.3. The van der Waals surface area contributed by atoms with Gasteiger partial charge in [-0.3, -0.25) is 9.59 Å². The maximum Gasteiger partial charge on any atom is 0.223 e. The number of rotatable bonds is 6. The summed E-state index contributed by atoms with van der Waals surface area (Å²) in [7, 11) is 1.74. The lowest BCUT2D eigenvalue weighted by Crippen LogP contribution is -2.26. The molecule has 1 aliphatic carbocycles. The Labute approximate surface area is 142 Å². The van der Waals surface area contributed by atoms with E-state index >= 15 is 0 Å². The molecular weight excluding hydrogens is 302 g/mol. The van der Waals surface area contributed by atoms with Crippen molar-refractivity contribution < 1.29 is 14.0 Å². The fourth-order valence-electron chi connectivity index (χ4n) is 3.19. The number of hydrogen-bond acceptors (Lipinski definition) is 3. The van der Waals surface area contributed by atoms with Crippen molar-refractivity contribution in [3.8, 4) is 0 Å². The van der Waals surface area contributed by atoms with Crippen LogP contribution in [0.3, 0.4) is 0 Å². The molecule has 0 spiro atoms. The molecule has 2 aromatic rings. The summed E-state index contributed by atoms with van der Waals surface area (Å²) < 4.78 is 5.48. The number of nitrogens with zero attached hydrogens (tertiary/aromatic N) is 1. The van der Waals surface area contributed by atoms with E-state index in [-0.39, 0.29) is 24.5 Å². The Balaban J connectivity index is 1.52. The van der Waals surface area contributed by atoms with E-state index in [4.69, 9.17) is 4.42 Å². The summed E-state index contributed by atoms with van der Waals surface area (Å²) in [5, 5.41) is 0. The first-order valence-electron chi connectivity index (χ1n) is 8.47. The predicted molar refractivity (Wildman–Crippen MR) is 92.0 cm³/mol. The third-order valence-electron chi connectivity index (χ3n) is 4.60. The largest absolute Gasteiger partial charge is 0.464 e. The first-order chi connectivity index (χ1) is 11.5. The second kappa shape index (κ2) is 7.04. The fourth-order valence-corrected chi connectivity index (χ4v) is 3.19. The highest BCUT2D eigenvalue weighted by Crippen LogP contribution is 2.23. The van der Waals surface area contributed by atoms with Crippen LogP contribution in [-0.2, 0) is 24.2 Å². The molecule has 0 bridgehead atoms. The Morgan fingerprint density at radius 3 is 2.62 bits per heavy atom. The summed E-state index contributed by atoms with van der Waals surface area (Å²) in [4.78, 5) is 26.2. The van der Waals surface area contributed by atoms with Gasteiger partial charge in [0.15, 0.2) is 5.78 Å². The number of ketones is 1. The normalized spacial score (nSPS) is 12.9. The van der Waals surface area contributed by atoms with Gasteiger partial charge in [0.2, 0.25) is 5.91 Å². The van der Waals surface area contributed by atoms with Crippen LogP contribution in [0.15, 0.2) is 34.7 Å². The van der Waals surface area contributed by atoms with Crippen LogP contribution in [0.2, 0.25) is 0 Å². The van der Waals surface area contributed by atoms with Gasteiger partial charge in [-0.1, -0.05) is 12.1 Å². The van der Waals surface area contributed by atoms with Gasteiger partial charge >= 0.3 is 0 Å². The minimum Gasteiger partial charge on any atom is -0.464 e. The topological polar surface area (TPSA) is 50.5 Å². The van der Waals surface area contributed by atoms with Crippen LogP contribution >= 0.6 is 0 Å². The molecule has 0 saturated carbocycles. The van der Waals surface area contributed by atoms with Crippen molar-refractivity contribution >= 4 is 11.7 Å². The molecule has 1 heterocycles. The van der Waals surface area contributed by atoms with E-state index in [1.165, 1.54) is 17.5 Å². The predicted octanol–water partition coefficient (Wildman–Crippen LogP) is 3.70. The fraction of sp³-hybridized carbons (Fsp3) is 0.400. The zero-order valence-corrected chi connectivity index (χ0v) is 14.3. The molecule has 0 unspecified atom stereocenters. The Morgan fingerprint density at radius 2 is 1.88 bits per heavy atom. The minimum atomic E-state index is -0.0430. The van der Waals surface area contributed by atoms with Crippen molar-refractivity contribution in [1.29, 1.82) is 0 Å². The molecule has 0 aliphatic heterocycles. The van der Waals surface area contributed by atoms with Crippen molar-refractivity contribution in [2.24, 2.45) is 0 Å². The molecule has 0 N–H and O–H groups in total. The smallest absolute Gasteiger partial charge is 0.223 e. The van der Waals surface area contributed by atoms with E-state index in [0.29, 0.717) is 6.54 Å². The minimum absolute atomic E-state index is 0.0419. The molecule has 24 heavy (non-hydrogen) atoms. The number of Topliss-reactive ketones (excluding diaryl/α,β-unsaturated/α-hetero) is 1. The van der Waals surface area contributed by atoms with Crippen molar-refractivity contribution in [2.75, 3.05) is 7.05 Å². The Morgan fingerprint density at radius 1 is 1.08 bits per heavy atom. The summed E-state index contributed by atoms with van der Waals surface area (Å²) in [5.41, 5.74) is 3.38. The zero-order valence-electron chi connectivity index (χ0n) is 14.3. The molecule has 1 aromatic heterocycles. The Bertz CT molecular complexity index is 760. The molecule has 1 aliphatic rings. The first kappa shape index (κ1) is 16.5. The standard InChI is InChI=1S/C20H23NO3/c1-14-6-9-18(24-14)13-21(2)20(23)11-10-19(22)17-8-7-15-4-3-5-16(15)12-17/h6-9,12H,3-5,10-11,13H2,1-2H3. The van der Waals surface area contributed by atoms with E-state index in [1.54, 1.807) is 11.9 Å². The van der Waals surface area contributed by atoms with Gasteiger partial charge in [-0.05, 0) is 55.5 Å². The molecule has 0 fully saturated rings. The molecule has 3 rings (SSSR count). The Kier molecular flexibility index (Phi) is 4.84. The Hall–Kier alpha value is -2.36. The number of fused-ring (bicyclic) bond motifs is 1. The van der Waals surface area contributed by atoms with Gasteiger partial charge in [-0.15, -0.1) is 0 Å². The van der Waals surface area contributed by atoms with Crippen molar-refractivity contribution in [3.05, 3.63) is 58.5 Å². The summed E-state index contributed by atoms with van der Waals surface area (Å²) >= 11 is 0. The van der Waals surface area contributed by atoms with Crippen LogP contribution in [-0.4, -0.2) is 23.6 Å². The average Bonchev–Trinajstić information content (AvgIpc) is 3.20. The van der Waals surface area contributed by atoms with E-state index in [1.807, 2.05) is 31.2 Å². The lowest BCUT2D eigenvalue weighted by Gasteiger charge is -2.15. The number of carbonyl (C=O) groups excluding carboxylic acids is 2. The van der Waals surface area contributed by atoms with E-state index in [2.05, 4.69) is 6.07 Å². The third kappa shape index (κ3) is 3.75. The van der Waals surface area contributed by atoms with Crippen molar-refractivity contribution in [2.45, 2.75) is 45.6 Å². The second-order valence-electron chi connectivity index (χ2n) is 6.52. The number of furan rings is 1. The summed E-state index contributed by atoms with van der Waals surface area (Å²) in [6.07, 6.45) is 3.81. The maximum absolute atomic E-state index is 12.3. The summed E-state index contributed by atoms with van der Waals surface area (Å²) in [5.74, 6) is 1.59. The molecule has 126 valence electrons. The van der Waals surface area contributed by atoms with Crippen LogP contribution in [0, 0.1) is 6.92 Å². The molecule has 0 atom stereocenters. The number of hydrogen-bond donors (Lipinski definition) is 0. The highest BCUT2D eigenvalue weighted by molar-refractivity contribution is 5.98. The molecule has 1 aromatic carbocycles. The van der Waals surface area contributed by atoms with Crippen LogP contribution < -0.4 is 0 Å². The first-order valence-corrected chi connectivity index (χ1v) is 8.47. The molecule has 0 radical (unpaired) electrons. The van der Waals surface area contributed by atoms with Crippen molar-refractivity contribution in [1.82, 2.24) is 4.90 Å². The number of aryl methyl sites for hydroxylation is 3. The third-order valence-corrected chi connectivity index (χ3v) is 4.60. The van der Waals surface area contributed by atoms with Gasteiger partial charge < -0.3 is 9.32 Å². The SMILES string of the molecule is Cc1ccc(CN(C)C(=O)CCC(=O)c2ccc3c(c2)CCC3)o1. The van der Waals surface area contributed by atoms with E-state index in [9.17, 15) is 9.59 Å². The van der Waals surface area contributed by atoms with Gasteiger partial charge in [0.05, 0.1) is 6.54 Å². The quantitative estimate of drug-likeness (QED) is 0.761. The lowest BCUT2D eigenvalue weighted by atomic mass is 10.0. The summed E-state index contributed by atoms with van der Waals surface area (Å²) in [6.45, 7) is 2.31. The van der Waals surface area contributed by atoms with E-state index in [0.717, 1.165) is 29.9 Å². The zero-order chi connectivity index (χ0) is 17.1. The number of carbonyl (C=O) groups is 2. The monoisotopic (exact) mass is 325 g/mol. The number of benzene rings is 1. The van der Waals surface area contributed by atoms with Crippen molar-refractivity contribution in [3.63, 3.8) is 0 Å². The summed E-state index contributed by atoms with van der Waals surface area (Å²) in [6, 6.07) is 9.71. The van der Waals surface area contributed by atoms with E-state index < -0.39 is 0 Å². The molecule has 1 amide bonds. The lowest BCUT2D eigenvalue weighted by molar-refractivity contribution is -0.130. The van der Waals surface area contributed by atoms with Gasteiger partial charge in [-0.25, -0.2) is 0 Å².